The molecule has 128 valence electrons. The minimum Gasteiger partial charge on any atom is -0.423 e. The van der Waals surface area contributed by atoms with E-state index in [1.54, 1.807) is 0 Å². The van der Waals surface area contributed by atoms with Crippen LogP contribution in [0.25, 0.3) is 0 Å². The molecular weight excluding hydrogens is 283 g/mol. The van der Waals surface area contributed by atoms with Gasteiger partial charge in [-0.1, -0.05) is 38.2 Å². The fraction of sp³-hybridized carbons (Fsp3) is 0.900. The molecule has 6 unspecified atom stereocenters. The molecule has 0 saturated heterocycles. The highest BCUT2D eigenvalue weighted by atomic mass is 16.4. The molecule has 0 aromatic carbocycles. The van der Waals surface area contributed by atoms with Crippen LogP contribution < -0.4 is 0 Å². The van der Waals surface area contributed by atoms with E-state index >= 15 is 0 Å². The quantitative estimate of drug-likeness (QED) is 0.743. The van der Waals surface area contributed by atoms with Gasteiger partial charge in [0.2, 0.25) is 0 Å². The second-order valence-electron chi connectivity index (χ2n) is 8.91. The molecule has 0 spiro atoms. The largest absolute Gasteiger partial charge is 0.483 e. The Kier molecular flexibility index (Phi) is 4.88. The summed E-state index contributed by atoms with van der Waals surface area (Å²) in [4.78, 5) is 0. The maximum atomic E-state index is 9.60. The summed E-state index contributed by atoms with van der Waals surface area (Å²) >= 11 is 0. The topological polar surface area (TPSA) is 40.5 Å². The molecule has 3 fully saturated rings. The van der Waals surface area contributed by atoms with E-state index in [-0.39, 0.29) is 0 Å². The van der Waals surface area contributed by atoms with Crippen molar-refractivity contribution in [2.75, 3.05) is 0 Å². The lowest BCUT2D eigenvalue weighted by molar-refractivity contribution is -0.0376. The normalized spacial score (nSPS) is 44.0. The van der Waals surface area contributed by atoms with Gasteiger partial charge in [-0.3, -0.25) is 0 Å². The highest BCUT2D eigenvalue weighted by Gasteiger charge is 2.48. The predicted octanol–water partition coefficient (Wildman–Crippen LogP) is 4.36. The SMILES string of the molecule is OB(O)C1=CCCC(C2CC3CCCCC3C3CCCCC23)C1. The highest BCUT2D eigenvalue weighted by Crippen LogP contribution is 2.56. The zero-order valence-corrected chi connectivity index (χ0v) is 14.5. The Morgan fingerprint density at radius 1 is 0.739 bits per heavy atom. The predicted molar refractivity (Wildman–Crippen MR) is 94.6 cm³/mol. The van der Waals surface area contributed by atoms with Gasteiger partial charge in [-0.05, 0) is 85.9 Å². The first-order valence-corrected chi connectivity index (χ1v) is 10.3. The van der Waals surface area contributed by atoms with E-state index in [0.717, 1.165) is 47.9 Å². The van der Waals surface area contributed by atoms with E-state index in [4.69, 9.17) is 0 Å². The van der Waals surface area contributed by atoms with E-state index in [2.05, 4.69) is 6.08 Å². The average Bonchev–Trinajstić information content (AvgIpc) is 2.61. The molecule has 2 nitrogen and oxygen atoms in total. The van der Waals surface area contributed by atoms with Gasteiger partial charge < -0.3 is 10.0 Å². The summed E-state index contributed by atoms with van der Waals surface area (Å²) in [5, 5.41) is 19.2. The molecule has 4 aliphatic rings. The lowest BCUT2D eigenvalue weighted by atomic mass is 9.51. The monoisotopic (exact) mass is 316 g/mol. The molecule has 4 aliphatic carbocycles. The van der Waals surface area contributed by atoms with Gasteiger partial charge in [0, 0.05) is 0 Å². The number of fused-ring (bicyclic) bond motifs is 3. The smallest absolute Gasteiger partial charge is 0.423 e. The van der Waals surface area contributed by atoms with Gasteiger partial charge in [0.15, 0.2) is 0 Å². The standard InChI is InChI=1S/C20H33BO2/c22-21(23)16-8-5-7-14(12-16)20-13-15-6-1-2-9-17(15)18-10-3-4-11-19(18)20/h8,14-15,17-20,22-23H,1-7,9-13H2. The van der Waals surface area contributed by atoms with Gasteiger partial charge in [-0.2, -0.15) is 0 Å². The summed E-state index contributed by atoms with van der Waals surface area (Å²) < 4.78 is 0. The molecule has 6 atom stereocenters. The van der Waals surface area contributed by atoms with Crippen molar-refractivity contribution < 1.29 is 10.0 Å². The molecular formula is C20H33BO2. The van der Waals surface area contributed by atoms with E-state index < -0.39 is 7.12 Å². The first-order chi connectivity index (χ1) is 11.2. The zero-order chi connectivity index (χ0) is 15.8. The molecule has 0 radical (unpaired) electrons. The van der Waals surface area contributed by atoms with E-state index in [9.17, 15) is 10.0 Å². The van der Waals surface area contributed by atoms with Crippen LogP contribution in [-0.4, -0.2) is 17.2 Å². The average molecular weight is 316 g/mol. The Hall–Kier alpha value is -0.275. The van der Waals surface area contributed by atoms with Gasteiger partial charge in [0.25, 0.3) is 0 Å². The lowest BCUT2D eigenvalue weighted by Gasteiger charge is -2.54. The van der Waals surface area contributed by atoms with Crippen molar-refractivity contribution >= 4 is 7.12 Å². The van der Waals surface area contributed by atoms with Crippen LogP contribution in [0, 0.1) is 35.5 Å². The van der Waals surface area contributed by atoms with E-state index in [1.807, 2.05) is 0 Å². The Bertz CT molecular complexity index is 447. The molecule has 0 aromatic heterocycles. The number of hydrogen-bond acceptors (Lipinski definition) is 2. The fourth-order valence-electron chi connectivity index (χ4n) is 6.96. The molecule has 23 heavy (non-hydrogen) atoms. The molecule has 3 saturated carbocycles. The first-order valence-electron chi connectivity index (χ1n) is 10.3. The molecule has 2 N–H and O–H groups in total. The number of rotatable bonds is 2. The molecule has 4 rings (SSSR count). The third kappa shape index (κ3) is 3.16. The van der Waals surface area contributed by atoms with Crippen LogP contribution in [0.2, 0.25) is 0 Å². The van der Waals surface area contributed by atoms with Gasteiger partial charge >= 0.3 is 7.12 Å². The maximum absolute atomic E-state index is 9.60. The minimum absolute atomic E-state index is 0.713. The van der Waals surface area contributed by atoms with Crippen molar-refractivity contribution in [3.63, 3.8) is 0 Å². The van der Waals surface area contributed by atoms with Crippen molar-refractivity contribution in [1.82, 2.24) is 0 Å². The fourth-order valence-corrected chi connectivity index (χ4v) is 6.96. The van der Waals surface area contributed by atoms with Crippen LogP contribution in [0.4, 0.5) is 0 Å². The van der Waals surface area contributed by atoms with Crippen molar-refractivity contribution in [3.8, 4) is 0 Å². The zero-order valence-electron chi connectivity index (χ0n) is 14.5. The van der Waals surface area contributed by atoms with Gasteiger partial charge in [0.1, 0.15) is 0 Å². The lowest BCUT2D eigenvalue weighted by Crippen LogP contribution is -2.46. The Balaban J connectivity index is 1.54. The maximum Gasteiger partial charge on any atom is 0.483 e. The van der Waals surface area contributed by atoms with Crippen LogP contribution in [-0.2, 0) is 0 Å². The Morgan fingerprint density at radius 3 is 2.13 bits per heavy atom. The van der Waals surface area contributed by atoms with Gasteiger partial charge in [-0.15, -0.1) is 0 Å². The van der Waals surface area contributed by atoms with E-state index in [0.29, 0.717) is 5.92 Å². The molecule has 0 aliphatic heterocycles. The van der Waals surface area contributed by atoms with Crippen molar-refractivity contribution in [2.24, 2.45) is 35.5 Å². The highest BCUT2D eigenvalue weighted by molar-refractivity contribution is 6.50. The van der Waals surface area contributed by atoms with Crippen molar-refractivity contribution in [3.05, 3.63) is 11.5 Å². The third-order valence-corrected chi connectivity index (χ3v) is 7.90. The first kappa shape index (κ1) is 16.2. The van der Waals surface area contributed by atoms with Crippen LogP contribution >= 0.6 is 0 Å². The molecule has 0 heterocycles. The molecule has 0 amide bonds. The van der Waals surface area contributed by atoms with Crippen molar-refractivity contribution in [2.45, 2.75) is 77.0 Å². The number of hydrogen-bond donors (Lipinski definition) is 2. The summed E-state index contributed by atoms with van der Waals surface area (Å²) in [5.41, 5.74) is 0.902. The summed E-state index contributed by atoms with van der Waals surface area (Å²) in [6.45, 7) is 0. The third-order valence-electron chi connectivity index (χ3n) is 7.90. The van der Waals surface area contributed by atoms with Gasteiger partial charge in [0.05, 0.1) is 0 Å². The number of allylic oxidation sites excluding steroid dienone is 2. The van der Waals surface area contributed by atoms with Crippen molar-refractivity contribution in [1.29, 1.82) is 0 Å². The van der Waals surface area contributed by atoms with Crippen LogP contribution in [0.5, 0.6) is 0 Å². The van der Waals surface area contributed by atoms with E-state index in [1.165, 1.54) is 64.2 Å². The second-order valence-corrected chi connectivity index (χ2v) is 8.91. The minimum atomic E-state index is -1.22. The van der Waals surface area contributed by atoms with Crippen LogP contribution in [0.15, 0.2) is 11.5 Å². The Labute approximate surface area is 141 Å². The summed E-state index contributed by atoms with van der Waals surface area (Å²) in [6, 6.07) is 0. The molecule has 3 heteroatoms. The Morgan fingerprint density at radius 2 is 1.39 bits per heavy atom. The summed E-state index contributed by atoms with van der Waals surface area (Å²) in [5.74, 6) is 5.55. The molecule has 0 bridgehead atoms. The molecule has 0 aromatic rings. The van der Waals surface area contributed by atoms with Crippen LogP contribution in [0.1, 0.15) is 77.0 Å². The second kappa shape index (κ2) is 6.92. The van der Waals surface area contributed by atoms with Crippen LogP contribution in [0.3, 0.4) is 0 Å². The summed E-state index contributed by atoms with van der Waals surface area (Å²) in [6.07, 6.45) is 18.6. The summed E-state index contributed by atoms with van der Waals surface area (Å²) in [7, 11) is -1.22. The van der Waals surface area contributed by atoms with Gasteiger partial charge in [-0.25, -0.2) is 0 Å².